The third kappa shape index (κ3) is 3.79. The van der Waals surface area contributed by atoms with Crippen molar-refractivity contribution in [1.82, 2.24) is 4.90 Å². The van der Waals surface area contributed by atoms with Gasteiger partial charge in [-0.15, -0.1) is 0 Å². The van der Waals surface area contributed by atoms with E-state index >= 15 is 0 Å². The fourth-order valence-electron chi connectivity index (χ4n) is 3.26. The number of phenols is 1. The van der Waals surface area contributed by atoms with Crippen molar-refractivity contribution >= 4 is 57.8 Å². The van der Waals surface area contributed by atoms with Gasteiger partial charge in [-0.3, -0.25) is 19.3 Å². The highest BCUT2D eigenvalue weighted by Crippen LogP contribution is 2.36. The summed E-state index contributed by atoms with van der Waals surface area (Å²) in [4.78, 5) is 41.0. The van der Waals surface area contributed by atoms with Crippen LogP contribution in [0.3, 0.4) is 0 Å². The molecule has 0 aromatic heterocycles. The molecule has 2 saturated heterocycles. The molecule has 3 amide bonds. The summed E-state index contributed by atoms with van der Waals surface area (Å²) in [7, 11) is 0. The Kier molecular flexibility index (Phi) is 5.52. The molecule has 6 nitrogen and oxygen atoms in total. The first-order chi connectivity index (χ1) is 14.5. The normalized spacial score (nSPS) is 20.9. The number of carbonyl (C=O) groups is 3. The summed E-state index contributed by atoms with van der Waals surface area (Å²) in [5.41, 5.74) is 1.34. The topological polar surface area (TPSA) is 77.9 Å². The van der Waals surface area contributed by atoms with E-state index in [0.717, 1.165) is 22.2 Å². The first kappa shape index (κ1) is 20.1. The van der Waals surface area contributed by atoms with Crippen molar-refractivity contribution in [2.24, 2.45) is 0 Å². The van der Waals surface area contributed by atoms with E-state index < -0.39 is 17.9 Å². The Morgan fingerprint density at radius 2 is 1.73 bits per heavy atom. The van der Waals surface area contributed by atoms with Crippen molar-refractivity contribution < 1.29 is 19.5 Å². The first-order valence-electron chi connectivity index (χ1n) is 9.10. The summed E-state index contributed by atoms with van der Waals surface area (Å²) in [6.07, 6.45) is 5.14. The fourth-order valence-corrected chi connectivity index (χ4v) is 4.57. The van der Waals surface area contributed by atoms with Gasteiger partial charge in [0.05, 0.1) is 17.0 Å². The van der Waals surface area contributed by atoms with Crippen molar-refractivity contribution in [2.75, 3.05) is 4.90 Å². The van der Waals surface area contributed by atoms with Gasteiger partial charge in [-0.05, 0) is 35.9 Å². The lowest BCUT2D eigenvalue weighted by Gasteiger charge is -2.21. The molecular weight excluding hydrogens is 420 g/mol. The Balaban J connectivity index is 1.53. The van der Waals surface area contributed by atoms with E-state index in [1.54, 1.807) is 12.2 Å². The predicted octanol–water partition coefficient (Wildman–Crippen LogP) is 3.48. The van der Waals surface area contributed by atoms with Gasteiger partial charge >= 0.3 is 0 Å². The standard InChI is InChI=1S/C22H16N2O4S2/c25-16-11-9-15(10-12-16)23-19(26)13-17(20(23)27)24-21(28)18(30-22(24)29)8-4-7-14-5-2-1-3-6-14/h1-12,17,25H,13H2/b7-4+,18-8-/t17-/m0/s1. The van der Waals surface area contributed by atoms with E-state index in [9.17, 15) is 19.5 Å². The molecule has 1 N–H and O–H groups in total. The minimum atomic E-state index is -0.970. The minimum absolute atomic E-state index is 0.0278. The van der Waals surface area contributed by atoms with Crippen LogP contribution in [0.2, 0.25) is 0 Å². The van der Waals surface area contributed by atoms with Crippen molar-refractivity contribution in [3.63, 3.8) is 0 Å². The van der Waals surface area contributed by atoms with Gasteiger partial charge in [0.15, 0.2) is 0 Å². The lowest BCUT2D eigenvalue weighted by atomic mass is 10.2. The molecule has 0 bridgehead atoms. The molecular formula is C22H16N2O4S2. The van der Waals surface area contributed by atoms with Crippen LogP contribution in [0.1, 0.15) is 12.0 Å². The molecule has 8 heteroatoms. The van der Waals surface area contributed by atoms with Crippen LogP contribution in [0, 0.1) is 0 Å². The first-order valence-corrected chi connectivity index (χ1v) is 10.3. The number of aromatic hydroxyl groups is 1. The Morgan fingerprint density at radius 1 is 1.03 bits per heavy atom. The van der Waals surface area contributed by atoms with Crippen LogP contribution < -0.4 is 4.90 Å². The van der Waals surface area contributed by atoms with Crippen LogP contribution in [0.15, 0.2) is 71.7 Å². The second kappa shape index (κ2) is 8.25. The highest BCUT2D eigenvalue weighted by Gasteiger charge is 2.48. The second-order valence-electron chi connectivity index (χ2n) is 6.65. The number of phenolic OH excluding ortho intramolecular Hbond substituents is 1. The highest BCUT2D eigenvalue weighted by atomic mass is 32.2. The number of anilines is 1. The summed E-state index contributed by atoms with van der Waals surface area (Å²) < 4.78 is 0.248. The molecule has 2 heterocycles. The summed E-state index contributed by atoms with van der Waals surface area (Å²) in [6.45, 7) is 0. The summed E-state index contributed by atoms with van der Waals surface area (Å²) >= 11 is 6.44. The number of benzene rings is 2. The molecule has 2 aromatic rings. The van der Waals surface area contributed by atoms with Crippen LogP contribution in [0.25, 0.3) is 6.08 Å². The fraction of sp³-hybridized carbons (Fsp3) is 0.0909. The third-order valence-electron chi connectivity index (χ3n) is 4.70. The van der Waals surface area contributed by atoms with Crippen molar-refractivity contribution in [2.45, 2.75) is 12.5 Å². The number of thiocarbonyl (C=S) groups is 1. The van der Waals surface area contributed by atoms with E-state index in [0.29, 0.717) is 10.6 Å². The summed E-state index contributed by atoms with van der Waals surface area (Å²) in [5, 5.41) is 9.43. The number of imide groups is 1. The van der Waals surface area contributed by atoms with Gasteiger partial charge < -0.3 is 5.11 Å². The van der Waals surface area contributed by atoms with E-state index in [1.165, 1.54) is 29.2 Å². The average Bonchev–Trinajstić information content (AvgIpc) is 3.18. The Bertz CT molecular complexity index is 1090. The lowest BCUT2D eigenvalue weighted by molar-refractivity contribution is -0.130. The number of allylic oxidation sites excluding steroid dienone is 2. The summed E-state index contributed by atoms with van der Waals surface area (Å²) in [5.74, 6) is -1.29. The zero-order chi connectivity index (χ0) is 21.3. The smallest absolute Gasteiger partial charge is 0.266 e. The molecule has 4 rings (SSSR count). The molecule has 2 aliphatic heterocycles. The van der Waals surface area contributed by atoms with Crippen molar-refractivity contribution in [1.29, 1.82) is 0 Å². The van der Waals surface area contributed by atoms with Gasteiger partial charge in [0.25, 0.3) is 11.8 Å². The van der Waals surface area contributed by atoms with Crippen LogP contribution >= 0.6 is 24.0 Å². The van der Waals surface area contributed by atoms with Gasteiger partial charge in [0.2, 0.25) is 5.91 Å². The molecule has 2 aliphatic rings. The van der Waals surface area contributed by atoms with E-state index in [1.807, 2.05) is 36.4 Å². The van der Waals surface area contributed by atoms with Gasteiger partial charge in [-0.25, -0.2) is 4.90 Å². The number of carbonyl (C=O) groups excluding carboxylic acids is 3. The van der Waals surface area contributed by atoms with Crippen LogP contribution in [0.4, 0.5) is 5.69 Å². The Labute approximate surface area is 182 Å². The van der Waals surface area contributed by atoms with E-state index in [-0.39, 0.29) is 22.4 Å². The number of hydrogen-bond donors (Lipinski definition) is 1. The van der Waals surface area contributed by atoms with Crippen molar-refractivity contribution in [3.8, 4) is 5.75 Å². The number of hydrogen-bond acceptors (Lipinski definition) is 6. The maximum Gasteiger partial charge on any atom is 0.266 e. The Morgan fingerprint density at radius 3 is 2.43 bits per heavy atom. The molecule has 30 heavy (non-hydrogen) atoms. The molecule has 1 atom stereocenters. The number of rotatable bonds is 4. The zero-order valence-electron chi connectivity index (χ0n) is 15.6. The van der Waals surface area contributed by atoms with Crippen molar-refractivity contribution in [3.05, 3.63) is 77.2 Å². The summed E-state index contributed by atoms with van der Waals surface area (Å²) in [6, 6.07) is 14.4. The Hall–Kier alpha value is -3.23. The van der Waals surface area contributed by atoms with E-state index in [4.69, 9.17) is 12.2 Å². The SMILES string of the molecule is O=C1C[C@H](N2C(=O)/C(=C/C=C/c3ccccc3)SC2=S)C(=O)N1c1ccc(O)cc1. The lowest BCUT2D eigenvalue weighted by Crippen LogP contribution is -2.44. The largest absolute Gasteiger partial charge is 0.508 e. The van der Waals surface area contributed by atoms with Gasteiger partial charge in [0, 0.05) is 0 Å². The zero-order valence-corrected chi connectivity index (χ0v) is 17.2. The molecule has 0 spiro atoms. The minimum Gasteiger partial charge on any atom is -0.508 e. The molecule has 0 unspecified atom stereocenters. The maximum atomic E-state index is 12.9. The molecule has 2 aromatic carbocycles. The average molecular weight is 437 g/mol. The number of amides is 3. The van der Waals surface area contributed by atoms with E-state index in [2.05, 4.69) is 0 Å². The number of nitrogens with zero attached hydrogens (tertiary/aromatic N) is 2. The highest BCUT2D eigenvalue weighted by molar-refractivity contribution is 8.26. The number of thioether (sulfide) groups is 1. The maximum absolute atomic E-state index is 12.9. The van der Waals surface area contributed by atoms with Crippen LogP contribution in [0.5, 0.6) is 5.75 Å². The molecule has 2 fully saturated rings. The second-order valence-corrected chi connectivity index (χ2v) is 8.32. The van der Waals surface area contributed by atoms with Crippen LogP contribution in [-0.4, -0.2) is 38.1 Å². The molecule has 0 aliphatic carbocycles. The molecule has 0 saturated carbocycles. The van der Waals surface area contributed by atoms with Gasteiger partial charge in [-0.2, -0.15) is 0 Å². The van der Waals surface area contributed by atoms with Gasteiger partial charge in [0.1, 0.15) is 16.1 Å². The van der Waals surface area contributed by atoms with Gasteiger partial charge in [-0.1, -0.05) is 66.5 Å². The molecule has 150 valence electrons. The molecule has 0 radical (unpaired) electrons. The third-order valence-corrected chi connectivity index (χ3v) is 6.05. The quantitative estimate of drug-likeness (QED) is 0.449. The monoisotopic (exact) mass is 436 g/mol. The predicted molar refractivity (Wildman–Crippen MR) is 120 cm³/mol. The van der Waals surface area contributed by atoms with Crippen LogP contribution in [-0.2, 0) is 14.4 Å².